The number of hydrogen-bond donors (Lipinski definition) is 0. The number of methoxy groups -OCH3 is 1. The van der Waals surface area contributed by atoms with E-state index in [9.17, 15) is 4.79 Å². The van der Waals surface area contributed by atoms with Crippen molar-refractivity contribution in [2.75, 3.05) is 26.8 Å². The van der Waals surface area contributed by atoms with E-state index in [0.717, 1.165) is 5.69 Å². The summed E-state index contributed by atoms with van der Waals surface area (Å²) in [6.45, 7) is 1.48. The molecule has 0 bridgehead atoms. The predicted molar refractivity (Wildman–Crippen MR) is 79.6 cm³/mol. The Bertz CT molecular complexity index is 648. The largest absolute Gasteiger partial charge is 0.496 e. The number of benzene rings is 1. The van der Waals surface area contributed by atoms with Crippen molar-refractivity contribution in [3.63, 3.8) is 0 Å². The summed E-state index contributed by atoms with van der Waals surface area (Å²) in [4.78, 5) is 22.8. The van der Waals surface area contributed by atoms with Gasteiger partial charge < -0.3 is 14.4 Å². The van der Waals surface area contributed by atoms with Crippen LogP contribution in [-0.4, -0.2) is 47.6 Å². The number of amides is 1. The summed E-state index contributed by atoms with van der Waals surface area (Å²) in [6, 6.07) is 7.23. The van der Waals surface area contributed by atoms with Gasteiger partial charge in [-0.25, -0.2) is 0 Å². The molecule has 1 aliphatic heterocycles. The van der Waals surface area contributed by atoms with Crippen LogP contribution in [-0.2, 0) is 4.74 Å². The maximum absolute atomic E-state index is 12.7. The summed E-state index contributed by atoms with van der Waals surface area (Å²) >= 11 is 0. The van der Waals surface area contributed by atoms with Gasteiger partial charge in [0.05, 0.1) is 37.7 Å². The second-order valence-electron chi connectivity index (χ2n) is 4.94. The minimum Gasteiger partial charge on any atom is -0.496 e. The van der Waals surface area contributed by atoms with Gasteiger partial charge in [-0.2, -0.15) is 0 Å². The van der Waals surface area contributed by atoms with Crippen LogP contribution in [0.15, 0.2) is 42.9 Å². The van der Waals surface area contributed by atoms with Gasteiger partial charge in [0.15, 0.2) is 0 Å². The van der Waals surface area contributed by atoms with Crippen LogP contribution in [0.3, 0.4) is 0 Å². The molecule has 0 aliphatic carbocycles. The normalized spacial score (nSPS) is 18.0. The van der Waals surface area contributed by atoms with Gasteiger partial charge in [-0.05, 0) is 12.1 Å². The highest BCUT2D eigenvalue weighted by Gasteiger charge is 2.28. The first-order chi connectivity index (χ1) is 10.8. The molecule has 1 fully saturated rings. The minimum atomic E-state index is -0.249. The Balaban J connectivity index is 1.78. The summed E-state index contributed by atoms with van der Waals surface area (Å²) < 4.78 is 11.0. The molecule has 1 atom stereocenters. The van der Waals surface area contributed by atoms with Crippen molar-refractivity contribution >= 4 is 5.91 Å². The first-order valence-electron chi connectivity index (χ1n) is 7.09. The van der Waals surface area contributed by atoms with Gasteiger partial charge in [0, 0.05) is 18.9 Å². The van der Waals surface area contributed by atoms with E-state index in [4.69, 9.17) is 9.47 Å². The number of morpholine rings is 1. The molecule has 1 unspecified atom stereocenters. The molecule has 1 amide bonds. The minimum absolute atomic E-state index is 0.0605. The molecular formula is C16H17N3O3. The van der Waals surface area contributed by atoms with Crippen LogP contribution in [0.2, 0.25) is 0 Å². The maximum Gasteiger partial charge on any atom is 0.257 e. The molecule has 0 spiro atoms. The zero-order valence-corrected chi connectivity index (χ0v) is 12.3. The first kappa shape index (κ1) is 14.5. The number of para-hydroxylation sites is 1. The van der Waals surface area contributed by atoms with Crippen LogP contribution in [0.5, 0.6) is 5.75 Å². The van der Waals surface area contributed by atoms with E-state index in [1.165, 1.54) is 0 Å². The third-order valence-electron chi connectivity index (χ3n) is 3.60. The zero-order chi connectivity index (χ0) is 15.4. The van der Waals surface area contributed by atoms with E-state index in [1.54, 1.807) is 42.7 Å². The van der Waals surface area contributed by atoms with Crippen molar-refractivity contribution in [1.29, 1.82) is 0 Å². The Morgan fingerprint density at radius 1 is 1.36 bits per heavy atom. The number of carbonyl (C=O) groups excluding carboxylic acids is 1. The van der Waals surface area contributed by atoms with Gasteiger partial charge in [0.2, 0.25) is 0 Å². The topological polar surface area (TPSA) is 64.5 Å². The number of carbonyl (C=O) groups is 1. The fourth-order valence-electron chi connectivity index (χ4n) is 2.48. The number of hydrogen-bond acceptors (Lipinski definition) is 5. The Kier molecular flexibility index (Phi) is 4.29. The fraction of sp³-hybridized carbons (Fsp3) is 0.312. The molecule has 6 nitrogen and oxygen atoms in total. The van der Waals surface area contributed by atoms with Crippen molar-refractivity contribution < 1.29 is 14.3 Å². The molecule has 1 aliphatic rings. The van der Waals surface area contributed by atoms with E-state index < -0.39 is 0 Å². The average Bonchev–Trinajstić information content (AvgIpc) is 2.62. The van der Waals surface area contributed by atoms with E-state index in [-0.39, 0.29) is 12.0 Å². The van der Waals surface area contributed by atoms with Gasteiger partial charge >= 0.3 is 0 Å². The van der Waals surface area contributed by atoms with Crippen molar-refractivity contribution in [3.05, 3.63) is 54.1 Å². The van der Waals surface area contributed by atoms with Crippen molar-refractivity contribution in [3.8, 4) is 5.75 Å². The molecule has 1 aromatic heterocycles. The number of ether oxygens (including phenoxy) is 2. The molecule has 22 heavy (non-hydrogen) atoms. The van der Waals surface area contributed by atoms with Crippen LogP contribution < -0.4 is 4.74 Å². The molecule has 2 heterocycles. The number of rotatable bonds is 3. The van der Waals surface area contributed by atoms with Crippen LogP contribution in [0, 0.1) is 0 Å². The highest BCUT2D eigenvalue weighted by molar-refractivity contribution is 5.97. The molecule has 2 aromatic rings. The standard InChI is InChI=1S/C16H17N3O3/c1-21-14-5-3-2-4-12(14)16(20)19-8-9-22-15(11-19)13-10-17-6-7-18-13/h2-7,10,15H,8-9,11H2,1H3. The maximum atomic E-state index is 12.7. The SMILES string of the molecule is COc1ccccc1C(=O)N1CCOC(c2cnccn2)C1. The summed E-state index contributed by atoms with van der Waals surface area (Å²) in [5.74, 6) is 0.518. The molecule has 6 heteroatoms. The third-order valence-corrected chi connectivity index (χ3v) is 3.60. The van der Waals surface area contributed by atoms with Gasteiger partial charge in [-0.15, -0.1) is 0 Å². The second kappa shape index (κ2) is 6.53. The molecule has 114 valence electrons. The van der Waals surface area contributed by atoms with Gasteiger partial charge in [0.25, 0.3) is 5.91 Å². The van der Waals surface area contributed by atoms with Crippen molar-refractivity contribution in [1.82, 2.24) is 14.9 Å². The Hall–Kier alpha value is -2.47. The summed E-state index contributed by atoms with van der Waals surface area (Å²) in [7, 11) is 1.56. The van der Waals surface area contributed by atoms with E-state index in [1.807, 2.05) is 12.1 Å². The van der Waals surface area contributed by atoms with Crippen molar-refractivity contribution in [2.45, 2.75) is 6.10 Å². The quantitative estimate of drug-likeness (QED) is 0.863. The molecular weight excluding hydrogens is 282 g/mol. The highest BCUT2D eigenvalue weighted by Crippen LogP contribution is 2.24. The van der Waals surface area contributed by atoms with E-state index in [0.29, 0.717) is 31.0 Å². The number of aromatic nitrogens is 2. The lowest BCUT2D eigenvalue weighted by atomic mass is 10.1. The lowest BCUT2D eigenvalue weighted by Gasteiger charge is -2.32. The molecule has 3 rings (SSSR count). The first-order valence-corrected chi connectivity index (χ1v) is 7.09. The molecule has 0 radical (unpaired) electrons. The fourth-order valence-corrected chi connectivity index (χ4v) is 2.48. The molecule has 0 N–H and O–H groups in total. The van der Waals surface area contributed by atoms with E-state index in [2.05, 4.69) is 9.97 Å². The summed E-state index contributed by atoms with van der Waals surface area (Å²) in [5, 5.41) is 0. The Morgan fingerprint density at radius 3 is 3.00 bits per heavy atom. The lowest BCUT2D eigenvalue weighted by molar-refractivity contribution is -0.0249. The molecule has 1 saturated heterocycles. The van der Waals surface area contributed by atoms with E-state index >= 15 is 0 Å². The average molecular weight is 299 g/mol. The second-order valence-corrected chi connectivity index (χ2v) is 4.94. The smallest absolute Gasteiger partial charge is 0.257 e. The predicted octanol–water partition coefficient (Wildman–Crippen LogP) is 1.70. The Morgan fingerprint density at radius 2 is 2.23 bits per heavy atom. The number of nitrogens with zero attached hydrogens (tertiary/aromatic N) is 3. The lowest BCUT2D eigenvalue weighted by Crippen LogP contribution is -2.42. The molecule has 1 aromatic carbocycles. The van der Waals surface area contributed by atoms with Crippen LogP contribution in [0.4, 0.5) is 0 Å². The van der Waals surface area contributed by atoms with Crippen LogP contribution in [0.1, 0.15) is 22.2 Å². The summed E-state index contributed by atoms with van der Waals surface area (Å²) in [5.41, 5.74) is 1.30. The summed E-state index contributed by atoms with van der Waals surface area (Å²) in [6.07, 6.45) is 4.66. The zero-order valence-electron chi connectivity index (χ0n) is 12.3. The monoisotopic (exact) mass is 299 g/mol. The Labute approximate surface area is 128 Å². The third kappa shape index (κ3) is 2.92. The van der Waals surface area contributed by atoms with Gasteiger partial charge in [-0.3, -0.25) is 14.8 Å². The molecule has 0 saturated carbocycles. The van der Waals surface area contributed by atoms with Gasteiger partial charge in [-0.1, -0.05) is 12.1 Å². The van der Waals surface area contributed by atoms with Crippen LogP contribution in [0.25, 0.3) is 0 Å². The van der Waals surface area contributed by atoms with Crippen LogP contribution >= 0.6 is 0 Å². The van der Waals surface area contributed by atoms with Gasteiger partial charge in [0.1, 0.15) is 11.9 Å². The highest BCUT2D eigenvalue weighted by atomic mass is 16.5. The van der Waals surface area contributed by atoms with Crippen molar-refractivity contribution in [2.24, 2.45) is 0 Å².